The molecule has 0 atom stereocenters. The molecule has 0 fully saturated rings. The Kier molecular flexibility index (Phi) is 9.19. The molecule has 5 nitrogen and oxygen atoms in total. The molecule has 0 N–H and O–H groups in total. The summed E-state index contributed by atoms with van der Waals surface area (Å²) in [6.45, 7) is 7.30. The predicted octanol–water partition coefficient (Wildman–Crippen LogP) is 6.02. The van der Waals surface area contributed by atoms with Crippen molar-refractivity contribution in [2.24, 2.45) is 0 Å². The molecule has 0 aliphatic heterocycles. The number of aromatic nitrogens is 1. The molecule has 0 saturated heterocycles. The van der Waals surface area contributed by atoms with Gasteiger partial charge in [-0.3, -0.25) is 9.69 Å². The summed E-state index contributed by atoms with van der Waals surface area (Å²) >= 11 is 13.7. The topological polar surface area (TPSA) is 45.7 Å². The van der Waals surface area contributed by atoms with Crippen LogP contribution in [0.5, 0.6) is 5.75 Å². The highest BCUT2D eigenvalue weighted by molar-refractivity contribution is 7.22. The number of halogens is 3. The maximum Gasteiger partial charge on any atom is 0.260 e. The van der Waals surface area contributed by atoms with Crippen LogP contribution in [0.15, 0.2) is 36.4 Å². The first kappa shape index (κ1) is 24.7. The monoisotopic (exact) mass is 487 g/mol. The second-order valence-electron chi connectivity index (χ2n) is 6.47. The van der Waals surface area contributed by atoms with Gasteiger partial charge >= 0.3 is 0 Å². The molecular formula is C21H24Cl3N3O2S. The summed E-state index contributed by atoms with van der Waals surface area (Å²) in [7, 11) is 1.63. The molecule has 162 valence electrons. The van der Waals surface area contributed by atoms with Gasteiger partial charge in [-0.15, -0.1) is 12.4 Å². The van der Waals surface area contributed by atoms with Gasteiger partial charge in [-0.05, 0) is 49.5 Å². The average Bonchev–Trinajstić information content (AvgIpc) is 3.12. The van der Waals surface area contributed by atoms with E-state index in [2.05, 4.69) is 18.7 Å². The van der Waals surface area contributed by atoms with Gasteiger partial charge in [-0.1, -0.05) is 48.4 Å². The molecule has 1 heterocycles. The van der Waals surface area contributed by atoms with E-state index in [9.17, 15) is 4.79 Å². The second-order valence-corrected chi connectivity index (χ2v) is 8.35. The third-order valence-electron chi connectivity index (χ3n) is 4.70. The fraction of sp³-hybridized carbons (Fsp3) is 0.333. The zero-order chi connectivity index (χ0) is 21.0. The normalized spacial score (nSPS) is 10.9. The van der Waals surface area contributed by atoms with Crippen LogP contribution in [0, 0.1) is 0 Å². The number of likely N-dealkylation sites (N-methyl/N-ethyl adjacent to an activating group) is 1. The molecule has 9 heteroatoms. The number of carbonyl (C=O) groups excluding carboxylic acids is 1. The molecule has 0 aliphatic rings. The van der Waals surface area contributed by atoms with Crippen molar-refractivity contribution in [3.05, 3.63) is 52.0 Å². The Bertz CT molecular complexity index is 988. The highest BCUT2D eigenvalue weighted by atomic mass is 35.5. The van der Waals surface area contributed by atoms with Crippen molar-refractivity contribution in [1.29, 1.82) is 0 Å². The third-order valence-corrected chi connectivity index (χ3v) is 6.18. The van der Waals surface area contributed by atoms with Crippen LogP contribution >= 0.6 is 46.9 Å². The number of hydrogen-bond acceptors (Lipinski definition) is 5. The summed E-state index contributed by atoms with van der Waals surface area (Å²) < 4.78 is 6.27. The van der Waals surface area contributed by atoms with Gasteiger partial charge in [0.1, 0.15) is 5.75 Å². The van der Waals surface area contributed by atoms with E-state index in [1.165, 1.54) is 11.3 Å². The molecule has 2 aromatic carbocycles. The largest absolute Gasteiger partial charge is 0.497 e. The maximum absolute atomic E-state index is 13.4. The van der Waals surface area contributed by atoms with E-state index in [-0.39, 0.29) is 18.3 Å². The molecule has 0 unspecified atom stereocenters. The zero-order valence-electron chi connectivity index (χ0n) is 17.0. The van der Waals surface area contributed by atoms with E-state index < -0.39 is 0 Å². The Morgan fingerprint density at radius 3 is 2.33 bits per heavy atom. The molecule has 0 saturated carbocycles. The number of nitrogens with zero attached hydrogens (tertiary/aromatic N) is 3. The standard InChI is InChI=1S/C21H23Cl2N3O2S.ClH/c1-4-25(5-2)8-9-26(20(27)14-10-15(22)12-16(23)11-14)21-24-18-7-6-17(28-3)13-19(18)29-21;/h6-7,10-13H,4-5,8-9H2,1-3H3;1H. The fourth-order valence-corrected chi connectivity index (χ4v) is 4.58. The molecule has 0 radical (unpaired) electrons. The van der Waals surface area contributed by atoms with Crippen LogP contribution in [0.1, 0.15) is 24.2 Å². The van der Waals surface area contributed by atoms with E-state index in [4.69, 9.17) is 32.9 Å². The molecule has 30 heavy (non-hydrogen) atoms. The van der Waals surface area contributed by atoms with Gasteiger partial charge in [-0.25, -0.2) is 4.98 Å². The smallest absolute Gasteiger partial charge is 0.260 e. The van der Waals surface area contributed by atoms with Crippen molar-refractivity contribution in [2.45, 2.75) is 13.8 Å². The number of carbonyl (C=O) groups is 1. The molecule has 3 aromatic rings. The van der Waals surface area contributed by atoms with Crippen LogP contribution in [0.4, 0.5) is 5.13 Å². The van der Waals surface area contributed by atoms with Gasteiger partial charge in [0.25, 0.3) is 5.91 Å². The number of amides is 1. The number of thiazole rings is 1. The van der Waals surface area contributed by atoms with Gasteiger partial charge in [0, 0.05) is 28.7 Å². The Morgan fingerprint density at radius 2 is 1.73 bits per heavy atom. The SMILES string of the molecule is CCN(CC)CCN(C(=O)c1cc(Cl)cc(Cl)c1)c1nc2ccc(OC)cc2s1.Cl. The molecule has 0 aliphatic carbocycles. The highest BCUT2D eigenvalue weighted by Gasteiger charge is 2.22. The fourth-order valence-electron chi connectivity index (χ4n) is 3.03. The first-order chi connectivity index (χ1) is 13.9. The number of ether oxygens (including phenoxy) is 1. The first-order valence-corrected chi connectivity index (χ1v) is 11.0. The van der Waals surface area contributed by atoms with Crippen molar-refractivity contribution in [3.8, 4) is 5.75 Å². The van der Waals surface area contributed by atoms with Crippen LogP contribution in [0.3, 0.4) is 0 Å². The van der Waals surface area contributed by atoms with Crippen LogP contribution in [0.2, 0.25) is 10.0 Å². The number of hydrogen-bond donors (Lipinski definition) is 0. The molecule has 1 aromatic heterocycles. The maximum atomic E-state index is 13.4. The lowest BCUT2D eigenvalue weighted by Gasteiger charge is -2.24. The lowest BCUT2D eigenvalue weighted by Crippen LogP contribution is -2.38. The second kappa shape index (κ2) is 11.2. The molecular weight excluding hydrogens is 465 g/mol. The van der Waals surface area contributed by atoms with E-state index in [1.807, 2.05) is 18.2 Å². The van der Waals surface area contributed by atoms with Gasteiger partial charge in [-0.2, -0.15) is 0 Å². The third kappa shape index (κ3) is 5.77. The van der Waals surface area contributed by atoms with E-state index in [0.29, 0.717) is 27.3 Å². The number of fused-ring (bicyclic) bond motifs is 1. The summed E-state index contributed by atoms with van der Waals surface area (Å²) in [6, 6.07) is 10.6. The molecule has 1 amide bonds. The minimum absolute atomic E-state index is 0. The minimum atomic E-state index is -0.174. The lowest BCUT2D eigenvalue weighted by molar-refractivity contribution is 0.0984. The van der Waals surface area contributed by atoms with Crippen LogP contribution in [-0.4, -0.2) is 49.1 Å². The van der Waals surface area contributed by atoms with Crippen molar-refractivity contribution in [1.82, 2.24) is 9.88 Å². The van der Waals surface area contributed by atoms with E-state index >= 15 is 0 Å². The molecule has 0 spiro atoms. The Hall–Kier alpha value is -1.57. The number of benzene rings is 2. The summed E-state index contributed by atoms with van der Waals surface area (Å²) in [4.78, 5) is 22.0. The van der Waals surface area contributed by atoms with Crippen molar-refractivity contribution in [3.63, 3.8) is 0 Å². The van der Waals surface area contributed by atoms with Gasteiger partial charge in [0.05, 0.1) is 17.3 Å². The van der Waals surface area contributed by atoms with Crippen molar-refractivity contribution >= 4 is 68.2 Å². The van der Waals surface area contributed by atoms with Crippen molar-refractivity contribution < 1.29 is 9.53 Å². The Labute approximate surface area is 197 Å². The van der Waals surface area contributed by atoms with Crippen LogP contribution in [-0.2, 0) is 0 Å². The molecule has 3 rings (SSSR count). The van der Waals surface area contributed by atoms with Crippen LogP contribution < -0.4 is 9.64 Å². The van der Waals surface area contributed by atoms with Crippen molar-refractivity contribution in [2.75, 3.05) is 38.2 Å². The summed E-state index contributed by atoms with van der Waals surface area (Å²) in [6.07, 6.45) is 0. The summed E-state index contributed by atoms with van der Waals surface area (Å²) in [5, 5.41) is 1.50. The van der Waals surface area contributed by atoms with E-state index in [1.54, 1.807) is 30.2 Å². The first-order valence-electron chi connectivity index (χ1n) is 9.40. The zero-order valence-corrected chi connectivity index (χ0v) is 20.2. The predicted molar refractivity (Wildman–Crippen MR) is 129 cm³/mol. The number of methoxy groups -OCH3 is 1. The van der Waals surface area contributed by atoms with Crippen LogP contribution in [0.25, 0.3) is 10.2 Å². The average molecular weight is 489 g/mol. The minimum Gasteiger partial charge on any atom is -0.497 e. The van der Waals surface area contributed by atoms with Gasteiger partial charge in [0.15, 0.2) is 5.13 Å². The molecule has 0 bridgehead atoms. The Balaban J connectivity index is 0.00000320. The Morgan fingerprint density at radius 1 is 1.07 bits per heavy atom. The lowest BCUT2D eigenvalue weighted by atomic mass is 10.2. The van der Waals surface area contributed by atoms with Gasteiger partial charge < -0.3 is 9.64 Å². The summed E-state index contributed by atoms with van der Waals surface area (Å²) in [5.41, 5.74) is 1.27. The number of anilines is 1. The highest BCUT2D eigenvalue weighted by Crippen LogP contribution is 2.32. The number of rotatable bonds is 8. The quantitative estimate of drug-likeness (QED) is 0.389. The summed E-state index contributed by atoms with van der Waals surface area (Å²) in [5.74, 6) is 0.586. The van der Waals surface area contributed by atoms with E-state index in [0.717, 1.165) is 35.6 Å². The van der Waals surface area contributed by atoms with Gasteiger partial charge in [0.2, 0.25) is 0 Å².